The van der Waals surface area contributed by atoms with Crippen molar-refractivity contribution < 1.29 is 24.2 Å². The molecule has 0 radical (unpaired) electrons. The van der Waals surface area contributed by atoms with Crippen molar-refractivity contribution in [2.75, 3.05) is 13.7 Å². The highest BCUT2D eigenvalue weighted by Crippen LogP contribution is 2.39. The number of benzene rings is 2. The Morgan fingerprint density at radius 1 is 1.03 bits per heavy atom. The Morgan fingerprint density at radius 3 is 2.47 bits per heavy atom. The number of para-hydroxylation sites is 1. The molecule has 5 rings (SSSR count). The van der Waals surface area contributed by atoms with Crippen LogP contribution in [-0.4, -0.2) is 51.3 Å². The highest BCUT2D eigenvalue weighted by Gasteiger charge is 2.45. The molecule has 1 aliphatic rings. The van der Waals surface area contributed by atoms with E-state index in [0.717, 1.165) is 16.5 Å². The van der Waals surface area contributed by atoms with Crippen LogP contribution in [0.2, 0.25) is 0 Å². The van der Waals surface area contributed by atoms with Crippen molar-refractivity contribution in [2.24, 2.45) is 0 Å². The molecule has 1 fully saturated rings. The summed E-state index contributed by atoms with van der Waals surface area (Å²) in [7, 11) is 1.30. The molecule has 4 aromatic rings. The summed E-state index contributed by atoms with van der Waals surface area (Å²) < 4.78 is 4.77. The van der Waals surface area contributed by atoms with Crippen LogP contribution in [0.3, 0.4) is 0 Å². The first-order chi connectivity index (χ1) is 17.5. The van der Waals surface area contributed by atoms with Crippen molar-refractivity contribution >= 4 is 34.3 Å². The Balaban J connectivity index is 1.56. The number of aromatic amines is 1. The predicted molar refractivity (Wildman–Crippen MR) is 133 cm³/mol. The molecule has 180 valence electrons. The first kappa shape index (κ1) is 23.0. The lowest BCUT2D eigenvalue weighted by Gasteiger charge is -2.25. The second-order valence-corrected chi connectivity index (χ2v) is 8.45. The van der Waals surface area contributed by atoms with Gasteiger partial charge >= 0.3 is 5.97 Å². The van der Waals surface area contributed by atoms with E-state index in [1.165, 1.54) is 24.4 Å². The zero-order valence-corrected chi connectivity index (χ0v) is 19.5. The van der Waals surface area contributed by atoms with Gasteiger partial charge in [0, 0.05) is 41.6 Å². The van der Waals surface area contributed by atoms with Crippen molar-refractivity contribution in [1.29, 1.82) is 0 Å². The lowest BCUT2D eigenvalue weighted by molar-refractivity contribution is -0.139. The van der Waals surface area contributed by atoms with Gasteiger partial charge in [0.25, 0.3) is 11.7 Å². The fourth-order valence-electron chi connectivity index (χ4n) is 4.62. The maximum Gasteiger partial charge on any atom is 0.337 e. The van der Waals surface area contributed by atoms with E-state index in [2.05, 4.69) is 9.97 Å². The van der Waals surface area contributed by atoms with Gasteiger partial charge in [-0.05, 0) is 47.9 Å². The molecule has 0 bridgehead atoms. The molecule has 1 amide bonds. The lowest BCUT2D eigenvalue weighted by atomic mass is 9.94. The van der Waals surface area contributed by atoms with E-state index < -0.39 is 23.7 Å². The predicted octanol–water partition coefficient (Wildman–Crippen LogP) is 4.01. The number of ketones is 1. The van der Waals surface area contributed by atoms with Gasteiger partial charge in [-0.3, -0.25) is 14.6 Å². The summed E-state index contributed by atoms with van der Waals surface area (Å²) in [4.78, 5) is 47.0. The molecule has 8 heteroatoms. The number of aliphatic hydroxyl groups is 1. The van der Waals surface area contributed by atoms with Crippen LogP contribution < -0.4 is 0 Å². The summed E-state index contributed by atoms with van der Waals surface area (Å²) in [5.74, 6) is -2.21. The fraction of sp³-hybridized carbons (Fsp3) is 0.143. The molecule has 0 aliphatic carbocycles. The Bertz CT molecular complexity index is 1490. The number of fused-ring (bicyclic) bond motifs is 1. The van der Waals surface area contributed by atoms with E-state index in [-0.39, 0.29) is 17.9 Å². The molecular formula is C28H23N3O5. The van der Waals surface area contributed by atoms with E-state index in [1.54, 1.807) is 36.4 Å². The molecule has 2 aromatic carbocycles. The number of esters is 1. The van der Waals surface area contributed by atoms with E-state index in [4.69, 9.17) is 4.74 Å². The van der Waals surface area contributed by atoms with Gasteiger partial charge in [-0.15, -0.1) is 0 Å². The number of nitrogens with one attached hydrogen (secondary N) is 1. The number of ether oxygens (including phenoxy) is 1. The van der Waals surface area contributed by atoms with Crippen LogP contribution in [0.4, 0.5) is 0 Å². The minimum Gasteiger partial charge on any atom is -0.507 e. The normalized spacial score (nSPS) is 17.0. The summed E-state index contributed by atoms with van der Waals surface area (Å²) in [6.07, 6.45) is 5.41. The summed E-state index contributed by atoms with van der Waals surface area (Å²) in [5.41, 5.74) is 3.32. The second kappa shape index (κ2) is 9.50. The standard InChI is InChI=1S/C28H23N3O5/c1-36-28(35)19-8-6-17(7-9-19)24-23(25(32)18-10-13-29-14-11-18)26(33)27(34)31(24)15-12-20-16-30-22-5-3-2-4-21(20)22/h2-11,13-14,16,24,30,32H,12,15H2,1H3. The number of pyridine rings is 1. The van der Waals surface area contributed by atoms with Crippen molar-refractivity contribution in [2.45, 2.75) is 12.5 Å². The number of hydrogen-bond donors (Lipinski definition) is 2. The number of carbonyl (C=O) groups is 3. The number of amides is 1. The number of methoxy groups -OCH3 is 1. The fourth-order valence-corrected chi connectivity index (χ4v) is 4.62. The Labute approximate surface area is 206 Å². The van der Waals surface area contributed by atoms with Gasteiger partial charge < -0.3 is 19.7 Å². The van der Waals surface area contributed by atoms with E-state index >= 15 is 0 Å². The zero-order chi connectivity index (χ0) is 25.2. The number of likely N-dealkylation sites (tertiary alicyclic amines) is 1. The van der Waals surface area contributed by atoms with Crippen LogP contribution in [-0.2, 0) is 20.7 Å². The topological polar surface area (TPSA) is 113 Å². The number of nitrogens with zero attached hydrogens (tertiary/aromatic N) is 2. The van der Waals surface area contributed by atoms with E-state index in [1.807, 2.05) is 30.5 Å². The van der Waals surface area contributed by atoms with Crippen LogP contribution in [0.15, 0.2) is 84.8 Å². The third-order valence-corrected chi connectivity index (χ3v) is 6.44. The first-order valence-electron chi connectivity index (χ1n) is 11.4. The van der Waals surface area contributed by atoms with Crippen LogP contribution in [0.25, 0.3) is 16.7 Å². The van der Waals surface area contributed by atoms with Crippen molar-refractivity contribution in [3.63, 3.8) is 0 Å². The summed E-state index contributed by atoms with van der Waals surface area (Å²) in [6.45, 7) is 0.253. The van der Waals surface area contributed by atoms with Gasteiger partial charge in [0.15, 0.2) is 0 Å². The maximum atomic E-state index is 13.2. The molecule has 2 aromatic heterocycles. The third-order valence-electron chi connectivity index (χ3n) is 6.44. The van der Waals surface area contributed by atoms with Crippen LogP contribution in [0, 0.1) is 0 Å². The minimum atomic E-state index is -0.824. The molecule has 36 heavy (non-hydrogen) atoms. The minimum absolute atomic E-state index is 0.00375. The van der Waals surface area contributed by atoms with Crippen molar-refractivity contribution in [3.8, 4) is 0 Å². The summed E-state index contributed by atoms with van der Waals surface area (Å²) in [6, 6.07) is 16.7. The Morgan fingerprint density at radius 2 is 1.75 bits per heavy atom. The van der Waals surface area contributed by atoms with Crippen molar-refractivity contribution in [3.05, 3.63) is 107 Å². The SMILES string of the molecule is COC(=O)c1ccc(C2C(=C(O)c3ccncc3)C(=O)C(=O)N2CCc2c[nH]c3ccccc23)cc1. The summed E-state index contributed by atoms with van der Waals surface area (Å²) >= 11 is 0. The molecule has 1 aliphatic heterocycles. The number of hydrogen-bond acceptors (Lipinski definition) is 6. The number of rotatable bonds is 6. The van der Waals surface area contributed by atoms with Crippen LogP contribution >= 0.6 is 0 Å². The molecule has 1 atom stereocenters. The highest BCUT2D eigenvalue weighted by molar-refractivity contribution is 6.46. The Hall–Kier alpha value is -4.72. The number of aliphatic hydroxyl groups excluding tert-OH is 1. The molecule has 3 heterocycles. The van der Waals surface area contributed by atoms with Gasteiger partial charge in [0.1, 0.15) is 5.76 Å². The monoisotopic (exact) mass is 481 g/mol. The lowest BCUT2D eigenvalue weighted by Crippen LogP contribution is -2.31. The third kappa shape index (κ3) is 4.02. The number of H-pyrrole nitrogens is 1. The number of Topliss-reactive ketones (excluding diaryl/α,β-unsaturated/α-hetero) is 1. The highest BCUT2D eigenvalue weighted by atomic mass is 16.5. The summed E-state index contributed by atoms with van der Waals surface area (Å²) in [5, 5.41) is 12.2. The average Bonchev–Trinajstić information content (AvgIpc) is 3.45. The average molecular weight is 482 g/mol. The first-order valence-corrected chi connectivity index (χ1v) is 11.4. The maximum absolute atomic E-state index is 13.2. The smallest absolute Gasteiger partial charge is 0.337 e. The molecule has 1 unspecified atom stereocenters. The zero-order valence-electron chi connectivity index (χ0n) is 19.5. The number of aromatic nitrogens is 2. The van der Waals surface area contributed by atoms with Crippen molar-refractivity contribution in [1.82, 2.24) is 14.9 Å². The largest absolute Gasteiger partial charge is 0.507 e. The molecule has 1 saturated heterocycles. The van der Waals surface area contributed by atoms with Gasteiger partial charge in [-0.25, -0.2) is 4.79 Å². The van der Waals surface area contributed by atoms with Gasteiger partial charge in [0.05, 0.1) is 24.3 Å². The van der Waals surface area contributed by atoms with Gasteiger partial charge in [-0.2, -0.15) is 0 Å². The molecule has 2 N–H and O–H groups in total. The van der Waals surface area contributed by atoms with Gasteiger partial charge in [-0.1, -0.05) is 30.3 Å². The quantitative estimate of drug-likeness (QED) is 0.186. The van der Waals surface area contributed by atoms with Crippen LogP contribution in [0.1, 0.15) is 33.1 Å². The second-order valence-electron chi connectivity index (χ2n) is 8.45. The molecule has 8 nitrogen and oxygen atoms in total. The molecule has 0 saturated carbocycles. The van der Waals surface area contributed by atoms with E-state index in [9.17, 15) is 19.5 Å². The van der Waals surface area contributed by atoms with Gasteiger partial charge in [0.2, 0.25) is 0 Å². The molecule has 0 spiro atoms. The van der Waals surface area contributed by atoms with Crippen LogP contribution in [0.5, 0.6) is 0 Å². The van der Waals surface area contributed by atoms with E-state index in [0.29, 0.717) is 23.1 Å². The number of carbonyl (C=O) groups excluding carboxylic acids is 3. The molecular weight excluding hydrogens is 458 g/mol. The Kier molecular flexibility index (Phi) is 6.08.